The van der Waals surface area contributed by atoms with Crippen LogP contribution in [0.5, 0.6) is 17.2 Å². The topological polar surface area (TPSA) is 99.5 Å². The van der Waals surface area contributed by atoms with E-state index in [1.54, 1.807) is 13.2 Å². The quantitative estimate of drug-likeness (QED) is 0.450. The molecule has 1 N–H and O–H groups in total. The Morgan fingerprint density at radius 2 is 1.79 bits per heavy atom. The highest BCUT2D eigenvalue weighted by molar-refractivity contribution is 7.89. The van der Waals surface area contributed by atoms with Crippen LogP contribution in [-0.2, 0) is 26.7 Å². The van der Waals surface area contributed by atoms with Crippen LogP contribution in [0.25, 0.3) is 0 Å². The number of methoxy groups -OCH3 is 1. The Hall–Kier alpha value is -2.75. The van der Waals surface area contributed by atoms with Gasteiger partial charge in [0.2, 0.25) is 5.91 Å². The summed E-state index contributed by atoms with van der Waals surface area (Å²) in [5.41, 5.74) is 1.59. The van der Waals surface area contributed by atoms with Crippen LogP contribution in [0.3, 0.4) is 0 Å². The average Bonchev–Trinajstić information content (AvgIpc) is 3.19. The highest BCUT2D eigenvalue weighted by atomic mass is 35.5. The molecule has 3 rings (SSSR count). The molecule has 0 bridgehead atoms. The number of aromatic nitrogens is 2. The van der Waals surface area contributed by atoms with Crippen LogP contribution in [0.15, 0.2) is 42.7 Å². The van der Waals surface area contributed by atoms with E-state index >= 15 is 0 Å². The van der Waals surface area contributed by atoms with Crippen LogP contribution in [0.4, 0.5) is 5.69 Å². The van der Waals surface area contributed by atoms with Gasteiger partial charge in [-0.2, -0.15) is 9.19 Å². The molecule has 182 valence electrons. The number of benzene rings is 2. The lowest BCUT2D eigenvalue weighted by molar-refractivity contribution is -0.115. The van der Waals surface area contributed by atoms with Crippen molar-refractivity contribution >= 4 is 44.8 Å². The summed E-state index contributed by atoms with van der Waals surface area (Å²) in [6.07, 6.45) is 3.54. The molecular weight excluding hydrogens is 501 g/mol. The van der Waals surface area contributed by atoms with E-state index < -0.39 is 10.0 Å². The molecule has 34 heavy (non-hydrogen) atoms. The van der Waals surface area contributed by atoms with E-state index in [1.807, 2.05) is 12.1 Å². The van der Waals surface area contributed by atoms with Crippen LogP contribution in [0, 0.1) is 0 Å². The minimum absolute atomic E-state index is 0.0789. The highest BCUT2D eigenvalue weighted by Gasteiger charge is 2.21. The smallest absolute Gasteiger partial charge is 0.250 e. The predicted octanol–water partition coefficient (Wildman–Crippen LogP) is 5.28. The molecule has 1 aromatic heterocycles. The number of carbonyl (C=O) groups is 1. The van der Waals surface area contributed by atoms with Gasteiger partial charge in [-0.3, -0.25) is 4.79 Å². The predicted molar refractivity (Wildman–Crippen MR) is 133 cm³/mol. The molecule has 0 atom stereocenters. The zero-order valence-electron chi connectivity index (χ0n) is 19.3. The molecule has 8 nitrogen and oxygen atoms in total. The molecular formula is C23H25Cl2N3O5S. The van der Waals surface area contributed by atoms with E-state index in [4.69, 9.17) is 32.7 Å². The number of nitrogens with zero attached hydrogens (tertiary/aromatic N) is 2. The van der Waals surface area contributed by atoms with E-state index in [-0.39, 0.29) is 33.5 Å². The Kier molecular flexibility index (Phi) is 7.50. The van der Waals surface area contributed by atoms with Gasteiger partial charge in [0.25, 0.3) is 10.0 Å². The Morgan fingerprint density at radius 3 is 2.32 bits per heavy atom. The number of hydrogen-bond donors (Lipinski definition) is 1. The Labute approximate surface area is 208 Å². The number of halogens is 2. The first-order chi connectivity index (χ1) is 15.8. The third kappa shape index (κ3) is 6.22. The summed E-state index contributed by atoms with van der Waals surface area (Å²) in [6.45, 7) is 6.20. The number of amides is 1. The van der Waals surface area contributed by atoms with Gasteiger partial charge in [0.05, 0.1) is 36.0 Å². The molecule has 1 amide bonds. The fourth-order valence-corrected chi connectivity index (χ4v) is 4.30. The van der Waals surface area contributed by atoms with Gasteiger partial charge in [0.1, 0.15) is 11.5 Å². The number of hydrogen-bond acceptors (Lipinski definition) is 6. The summed E-state index contributed by atoms with van der Waals surface area (Å²) >= 11 is 12.8. The fourth-order valence-electron chi connectivity index (χ4n) is 3.19. The van der Waals surface area contributed by atoms with Crippen molar-refractivity contribution in [2.75, 3.05) is 18.7 Å². The summed E-state index contributed by atoms with van der Waals surface area (Å²) < 4.78 is 35.3. The van der Waals surface area contributed by atoms with Gasteiger partial charge in [-0.15, -0.1) is 0 Å². The maximum atomic E-state index is 12.4. The van der Waals surface area contributed by atoms with Crippen LogP contribution in [0.1, 0.15) is 31.9 Å². The van der Waals surface area contributed by atoms with Crippen LogP contribution >= 0.6 is 23.2 Å². The van der Waals surface area contributed by atoms with E-state index in [9.17, 15) is 13.2 Å². The molecule has 0 radical (unpaired) electrons. The van der Waals surface area contributed by atoms with Gasteiger partial charge >= 0.3 is 0 Å². The van der Waals surface area contributed by atoms with Crippen molar-refractivity contribution in [2.24, 2.45) is 0 Å². The van der Waals surface area contributed by atoms with Gasteiger partial charge in [0.15, 0.2) is 5.75 Å². The normalized spacial score (nSPS) is 11.9. The van der Waals surface area contributed by atoms with Crippen molar-refractivity contribution in [2.45, 2.75) is 32.6 Å². The zero-order chi connectivity index (χ0) is 25.3. The number of ether oxygens (including phenoxy) is 2. The summed E-state index contributed by atoms with van der Waals surface area (Å²) in [6, 6.07) is 8.49. The first kappa shape index (κ1) is 25.9. The lowest BCUT2D eigenvalue weighted by Gasteiger charge is -2.23. The maximum absolute atomic E-state index is 12.4. The molecule has 2 aromatic carbocycles. The first-order valence-corrected chi connectivity index (χ1v) is 12.8. The molecule has 0 unspecified atom stereocenters. The monoisotopic (exact) mass is 525 g/mol. The molecule has 0 aliphatic rings. The SMILES string of the molecule is COc1ccc(Oc2c(Cl)cc(NC(=O)Cc3cnn(S(C)(=O)=O)c3)cc2Cl)cc1C(C)(C)C. The van der Waals surface area contributed by atoms with E-state index in [1.165, 1.54) is 24.5 Å². The highest BCUT2D eigenvalue weighted by Crippen LogP contribution is 2.41. The molecule has 3 aromatic rings. The van der Waals surface area contributed by atoms with E-state index in [2.05, 4.69) is 31.2 Å². The third-order valence-corrected chi connectivity index (χ3v) is 6.24. The number of anilines is 1. The summed E-state index contributed by atoms with van der Waals surface area (Å²) in [7, 11) is -1.90. The van der Waals surface area contributed by atoms with Gasteiger partial charge in [0, 0.05) is 23.0 Å². The van der Waals surface area contributed by atoms with E-state index in [0.717, 1.165) is 21.7 Å². The third-order valence-electron chi connectivity index (χ3n) is 4.80. The molecule has 0 saturated carbocycles. The van der Waals surface area contributed by atoms with E-state index in [0.29, 0.717) is 17.0 Å². The van der Waals surface area contributed by atoms with Gasteiger partial charge in [-0.05, 0) is 35.7 Å². The minimum Gasteiger partial charge on any atom is -0.496 e. The van der Waals surface area contributed by atoms with Crippen molar-refractivity contribution < 1.29 is 22.7 Å². The largest absolute Gasteiger partial charge is 0.496 e. The summed E-state index contributed by atoms with van der Waals surface area (Å²) in [4.78, 5) is 12.4. The minimum atomic E-state index is -3.52. The second-order valence-corrected chi connectivity index (χ2v) is 11.3. The van der Waals surface area contributed by atoms with Crippen molar-refractivity contribution in [3.8, 4) is 17.2 Å². The maximum Gasteiger partial charge on any atom is 0.250 e. The lowest BCUT2D eigenvalue weighted by atomic mass is 9.86. The van der Waals surface area contributed by atoms with Gasteiger partial charge in [-0.25, -0.2) is 8.42 Å². The molecule has 0 spiro atoms. The van der Waals surface area contributed by atoms with Crippen molar-refractivity contribution in [3.63, 3.8) is 0 Å². The molecule has 0 aliphatic heterocycles. The molecule has 0 aliphatic carbocycles. The number of nitrogens with one attached hydrogen (secondary N) is 1. The van der Waals surface area contributed by atoms with Gasteiger partial charge < -0.3 is 14.8 Å². The van der Waals surface area contributed by atoms with Gasteiger partial charge in [-0.1, -0.05) is 44.0 Å². The average molecular weight is 526 g/mol. The Bertz CT molecular complexity index is 1310. The standard InChI is InChI=1S/C23H25Cl2N3O5S/c1-23(2,3)17-11-16(6-7-20(17)32-4)33-22-18(24)9-15(10-19(22)25)27-21(29)8-14-12-26-28(13-14)34(5,30)31/h6-7,9-13H,8H2,1-5H3,(H,27,29). The van der Waals surface area contributed by atoms with Crippen molar-refractivity contribution in [3.05, 3.63) is 63.9 Å². The van der Waals surface area contributed by atoms with Crippen LogP contribution in [-0.4, -0.2) is 36.9 Å². The fraction of sp³-hybridized carbons (Fsp3) is 0.304. The van der Waals surface area contributed by atoms with Crippen LogP contribution < -0.4 is 14.8 Å². The summed E-state index contributed by atoms with van der Waals surface area (Å²) in [5, 5.41) is 6.85. The number of carbonyl (C=O) groups excluding carboxylic acids is 1. The molecule has 0 fully saturated rings. The molecule has 0 saturated heterocycles. The first-order valence-electron chi connectivity index (χ1n) is 10.2. The Balaban J connectivity index is 1.76. The summed E-state index contributed by atoms with van der Waals surface area (Å²) in [5.74, 6) is 1.14. The Morgan fingerprint density at radius 1 is 1.15 bits per heavy atom. The zero-order valence-corrected chi connectivity index (χ0v) is 21.7. The second-order valence-electron chi connectivity index (χ2n) is 8.69. The van der Waals surface area contributed by atoms with Crippen LogP contribution in [0.2, 0.25) is 10.0 Å². The molecule has 1 heterocycles. The number of rotatable bonds is 7. The molecule has 11 heteroatoms. The van der Waals surface area contributed by atoms with Crippen molar-refractivity contribution in [1.82, 2.24) is 9.19 Å². The van der Waals surface area contributed by atoms with Crippen molar-refractivity contribution in [1.29, 1.82) is 0 Å². The second kappa shape index (κ2) is 9.85. The lowest BCUT2D eigenvalue weighted by Crippen LogP contribution is -2.14.